The summed E-state index contributed by atoms with van der Waals surface area (Å²) in [6.07, 6.45) is 2.73. The highest BCUT2D eigenvalue weighted by atomic mass is 79.9. The Balaban J connectivity index is 1.89. The molecular formula is C17H15BrN3O2+. The zero-order valence-corrected chi connectivity index (χ0v) is 13.7. The summed E-state index contributed by atoms with van der Waals surface area (Å²) in [6.45, 7) is 0. The van der Waals surface area contributed by atoms with Gasteiger partial charge in [0.05, 0.1) is 0 Å². The molecule has 2 rings (SSSR count). The summed E-state index contributed by atoms with van der Waals surface area (Å²) in [7, 11) is 0. The summed E-state index contributed by atoms with van der Waals surface area (Å²) >= 11 is 3.34. The Bertz CT molecular complexity index is 740. The molecule has 0 saturated carbocycles. The molecule has 0 unspecified atom stereocenters. The van der Waals surface area contributed by atoms with Crippen molar-refractivity contribution < 1.29 is 14.9 Å². The number of quaternary nitrogens is 1. The van der Waals surface area contributed by atoms with Crippen LogP contribution in [0.4, 0.5) is 11.4 Å². The van der Waals surface area contributed by atoms with Crippen LogP contribution in [0.5, 0.6) is 0 Å². The van der Waals surface area contributed by atoms with Crippen LogP contribution in [0, 0.1) is 5.41 Å². The maximum atomic E-state index is 11.8. The van der Waals surface area contributed by atoms with E-state index >= 15 is 0 Å². The van der Waals surface area contributed by atoms with Gasteiger partial charge in [-0.05, 0) is 24.3 Å². The van der Waals surface area contributed by atoms with Gasteiger partial charge in [-0.25, -0.2) is 0 Å². The second-order valence-corrected chi connectivity index (χ2v) is 5.55. The van der Waals surface area contributed by atoms with Crippen molar-refractivity contribution in [1.82, 2.24) is 0 Å². The lowest BCUT2D eigenvalue weighted by Crippen LogP contribution is -2.71. The molecule has 1 amide bonds. The summed E-state index contributed by atoms with van der Waals surface area (Å²) in [5, 5.41) is 11.9. The van der Waals surface area contributed by atoms with Crippen LogP contribution in [-0.4, -0.2) is 17.4 Å². The molecule has 0 aliphatic heterocycles. The number of anilines is 1. The summed E-state index contributed by atoms with van der Waals surface area (Å²) < 4.78 is 0.967. The van der Waals surface area contributed by atoms with Gasteiger partial charge in [-0.2, -0.15) is 0 Å². The van der Waals surface area contributed by atoms with Gasteiger partial charge < -0.3 is 5.32 Å². The van der Waals surface area contributed by atoms with Gasteiger partial charge in [0, 0.05) is 28.4 Å². The molecule has 0 aliphatic carbocycles. The lowest BCUT2D eigenvalue weighted by atomic mass is 10.2. The molecule has 116 valence electrons. The van der Waals surface area contributed by atoms with Gasteiger partial charge in [0.2, 0.25) is 5.78 Å². The van der Waals surface area contributed by atoms with Gasteiger partial charge in [-0.1, -0.05) is 34.1 Å². The lowest BCUT2D eigenvalue weighted by molar-refractivity contribution is -0.496. The molecule has 2 aromatic rings. The minimum absolute atomic E-state index is 0.542. The number of hydrogen-bond acceptors (Lipinski definition) is 3. The number of ketones is 1. The molecule has 0 aromatic heterocycles. The molecule has 0 atom stereocenters. The van der Waals surface area contributed by atoms with Crippen LogP contribution >= 0.6 is 15.9 Å². The van der Waals surface area contributed by atoms with Crippen molar-refractivity contribution in [3.8, 4) is 0 Å². The minimum Gasteiger partial charge on any atom is -0.321 e. The van der Waals surface area contributed by atoms with E-state index in [2.05, 4.69) is 21.2 Å². The third kappa shape index (κ3) is 5.28. The smallest absolute Gasteiger partial charge is 0.277 e. The quantitative estimate of drug-likeness (QED) is 0.314. The second kappa shape index (κ2) is 8.17. The third-order valence-corrected chi connectivity index (χ3v) is 3.44. The molecular weight excluding hydrogens is 358 g/mol. The van der Waals surface area contributed by atoms with Crippen molar-refractivity contribution in [3.63, 3.8) is 0 Å². The Hall–Kier alpha value is -2.57. The monoisotopic (exact) mass is 372 g/mol. The van der Waals surface area contributed by atoms with E-state index in [1.54, 1.807) is 29.6 Å². The SMILES string of the molecule is N=C(C(=O)/C=C\[NH2+]c1ccc(Br)cc1)C(=O)Nc1ccccc1. The predicted octanol–water partition coefficient (Wildman–Crippen LogP) is 2.39. The Kier molecular flexibility index (Phi) is 5.96. The number of benzene rings is 2. The van der Waals surface area contributed by atoms with Gasteiger partial charge >= 0.3 is 0 Å². The van der Waals surface area contributed by atoms with Crippen LogP contribution in [0.25, 0.3) is 0 Å². The van der Waals surface area contributed by atoms with Crippen LogP contribution in [0.2, 0.25) is 0 Å². The van der Waals surface area contributed by atoms with Crippen LogP contribution in [0.1, 0.15) is 0 Å². The highest BCUT2D eigenvalue weighted by molar-refractivity contribution is 9.10. The van der Waals surface area contributed by atoms with E-state index in [9.17, 15) is 9.59 Å². The van der Waals surface area contributed by atoms with Crippen molar-refractivity contribution in [2.75, 3.05) is 5.32 Å². The number of hydrogen-bond donors (Lipinski definition) is 3. The molecule has 0 bridgehead atoms. The molecule has 5 nitrogen and oxygen atoms in total. The van der Waals surface area contributed by atoms with E-state index < -0.39 is 17.4 Å². The number of rotatable bonds is 6. The van der Waals surface area contributed by atoms with E-state index in [-0.39, 0.29) is 0 Å². The van der Waals surface area contributed by atoms with Gasteiger partial charge in [0.15, 0.2) is 5.71 Å². The van der Waals surface area contributed by atoms with Crippen LogP contribution < -0.4 is 10.6 Å². The number of carbonyl (C=O) groups excluding carboxylic acids is 2. The second-order valence-electron chi connectivity index (χ2n) is 4.64. The largest absolute Gasteiger partial charge is 0.321 e. The fourth-order valence-corrected chi connectivity index (χ4v) is 2.00. The molecule has 23 heavy (non-hydrogen) atoms. The number of carbonyl (C=O) groups is 2. The van der Waals surface area contributed by atoms with E-state index in [0.29, 0.717) is 5.69 Å². The zero-order chi connectivity index (χ0) is 16.7. The number of amides is 1. The van der Waals surface area contributed by atoms with E-state index in [4.69, 9.17) is 5.41 Å². The summed E-state index contributed by atoms with van der Waals surface area (Å²) in [5.41, 5.74) is 0.854. The van der Waals surface area contributed by atoms with Crippen molar-refractivity contribution in [2.45, 2.75) is 0 Å². The maximum absolute atomic E-state index is 11.8. The Morgan fingerprint density at radius 3 is 2.35 bits per heavy atom. The van der Waals surface area contributed by atoms with Crippen molar-refractivity contribution in [1.29, 1.82) is 5.41 Å². The number of nitrogens with two attached hydrogens (primary N) is 1. The zero-order valence-electron chi connectivity index (χ0n) is 12.1. The van der Waals surface area contributed by atoms with Crippen molar-refractivity contribution in [3.05, 3.63) is 71.3 Å². The first kappa shape index (κ1) is 16.8. The van der Waals surface area contributed by atoms with Gasteiger partial charge in [-0.3, -0.25) is 20.3 Å². The lowest BCUT2D eigenvalue weighted by Gasteiger charge is -2.03. The molecule has 0 fully saturated rings. The fourth-order valence-electron chi connectivity index (χ4n) is 1.73. The molecule has 4 N–H and O–H groups in total. The Labute approximate surface area is 142 Å². The molecule has 0 saturated heterocycles. The van der Waals surface area contributed by atoms with Crippen LogP contribution in [0.15, 0.2) is 71.3 Å². The van der Waals surface area contributed by atoms with Gasteiger partial charge in [0.1, 0.15) is 11.9 Å². The van der Waals surface area contributed by atoms with Crippen LogP contribution in [0.3, 0.4) is 0 Å². The Morgan fingerprint density at radius 1 is 1.04 bits per heavy atom. The average Bonchev–Trinajstić information content (AvgIpc) is 2.56. The minimum atomic E-state index is -0.727. The number of allylic oxidation sites excluding steroid dienone is 1. The highest BCUT2D eigenvalue weighted by Gasteiger charge is 2.16. The predicted molar refractivity (Wildman–Crippen MR) is 92.7 cm³/mol. The summed E-state index contributed by atoms with van der Waals surface area (Å²) in [4.78, 5) is 23.6. The van der Waals surface area contributed by atoms with Crippen molar-refractivity contribution >= 4 is 44.7 Å². The first-order valence-corrected chi connectivity index (χ1v) is 7.62. The highest BCUT2D eigenvalue weighted by Crippen LogP contribution is 2.10. The summed E-state index contributed by atoms with van der Waals surface area (Å²) in [6, 6.07) is 16.2. The van der Waals surface area contributed by atoms with Gasteiger partial charge in [-0.15, -0.1) is 0 Å². The van der Waals surface area contributed by atoms with E-state index in [0.717, 1.165) is 10.2 Å². The number of para-hydroxylation sites is 1. The Morgan fingerprint density at radius 2 is 1.70 bits per heavy atom. The standard InChI is InChI=1S/C17H14BrN3O2/c18-12-6-8-13(9-7-12)20-11-10-15(22)16(19)17(23)21-14-4-2-1-3-5-14/h1-11,19-20H,(H,21,23)/p+1/b11-10-,19-16?. The van der Waals surface area contributed by atoms with E-state index in [1.165, 1.54) is 12.3 Å². The molecule has 0 spiro atoms. The topological polar surface area (TPSA) is 86.6 Å². The fraction of sp³-hybridized carbons (Fsp3) is 0. The molecule has 0 radical (unpaired) electrons. The van der Waals surface area contributed by atoms with E-state index in [1.807, 2.05) is 30.3 Å². The third-order valence-electron chi connectivity index (χ3n) is 2.91. The molecule has 0 heterocycles. The number of nitrogens with one attached hydrogen (secondary N) is 2. The molecule has 2 aromatic carbocycles. The maximum Gasteiger partial charge on any atom is 0.277 e. The van der Waals surface area contributed by atoms with Crippen LogP contribution in [-0.2, 0) is 9.59 Å². The average molecular weight is 373 g/mol. The molecule has 0 aliphatic rings. The first-order chi connectivity index (χ1) is 11.1. The van der Waals surface area contributed by atoms with Crippen molar-refractivity contribution in [2.24, 2.45) is 0 Å². The normalized spacial score (nSPS) is 10.5. The van der Waals surface area contributed by atoms with Gasteiger partial charge in [0.25, 0.3) is 5.91 Å². The first-order valence-electron chi connectivity index (χ1n) is 6.82. The number of halogens is 1. The molecule has 6 heteroatoms. The summed E-state index contributed by atoms with van der Waals surface area (Å²) in [5.74, 6) is -1.37.